The Kier molecular flexibility index (Phi) is 9.51. The quantitative estimate of drug-likeness (QED) is 0.330. The van der Waals surface area contributed by atoms with E-state index in [1.807, 2.05) is 18.0 Å². The van der Waals surface area contributed by atoms with Crippen molar-refractivity contribution in [2.75, 3.05) is 44.7 Å². The lowest BCUT2D eigenvalue weighted by molar-refractivity contribution is -0.131. The third-order valence-corrected chi connectivity index (χ3v) is 5.31. The van der Waals surface area contributed by atoms with Crippen LogP contribution in [0.4, 0.5) is 5.95 Å². The summed E-state index contributed by atoms with van der Waals surface area (Å²) in [5.74, 6) is 1.54. The fourth-order valence-electron chi connectivity index (χ4n) is 2.92. The number of amides is 1. The number of aromatic nitrogens is 3. The summed E-state index contributed by atoms with van der Waals surface area (Å²) >= 11 is 1.66. The molecule has 11 heteroatoms. The first-order valence-electron chi connectivity index (χ1n) is 9.31. The van der Waals surface area contributed by atoms with Gasteiger partial charge in [-0.05, 0) is 13.0 Å². The first-order valence-corrected chi connectivity index (χ1v) is 10.1. The van der Waals surface area contributed by atoms with Crippen LogP contribution in [0.5, 0.6) is 0 Å². The van der Waals surface area contributed by atoms with Gasteiger partial charge in [-0.1, -0.05) is 0 Å². The molecule has 1 fully saturated rings. The van der Waals surface area contributed by atoms with Crippen molar-refractivity contribution < 1.29 is 4.79 Å². The predicted octanol–water partition coefficient (Wildman–Crippen LogP) is 1.26. The number of nitrogens with zero attached hydrogens (tertiary/aromatic N) is 6. The van der Waals surface area contributed by atoms with Gasteiger partial charge in [-0.15, -0.1) is 35.3 Å². The molecule has 3 rings (SSSR count). The van der Waals surface area contributed by atoms with E-state index < -0.39 is 0 Å². The zero-order valence-electron chi connectivity index (χ0n) is 16.7. The van der Waals surface area contributed by atoms with E-state index in [9.17, 15) is 4.79 Å². The highest BCUT2D eigenvalue weighted by molar-refractivity contribution is 14.0. The van der Waals surface area contributed by atoms with E-state index in [1.54, 1.807) is 36.8 Å². The van der Waals surface area contributed by atoms with Crippen molar-refractivity contribution in [2.24, 2.45) is 4.99 Å². The lowest BCUT2D eigenvalue weighted by Gasteiger charge is -2.34. The summed E-state index contributed by atoms with van der Waals surface area (Å²) in [5.41, 5.74) is 0. The van der Waals surface area contributed by atoms with Gasteiger partial charge in [0.15, 0.2) is 5.96 Å². The molecule has 0 aliphatic carbocycles. The van der Waals surface area contributed by atoms with Crippen LogP contribution in [0.2, 0.25) is 0 Å². The number of hydrogen-bond donors (Lipinski definition) is 2. The van der Waals surface area contributed by atoms with E-state index in [1.165, 1.54) is 4.88 Å². The molecular formula is C18H27IN8OS. The molecular weight excluding hydrogens is 503 g/mol. The van der Waals surface area contributed by atoms with Crippen molar-refractivity contribution in [1.29, 1.82) is 0 Å². The number of hydrogen-bond acceptors (Lipinski definition) is 7. The maximum Gasteiger partial charge on any atom is 0.225 e. The van der Waals surface area contributed by atoms with Gasteiger partial charge >= 0.3 is 0 Å². The largest absolute Gasteiger partial charge is 0.356 e. The smallest absolute Gasteiger partial charge is 0.225 e. The molecule has 29 heavy (non-hydrogen) atoms. The summed E-state index contributed by atoms with van der Waals surface area (Å²) in [7, 11) is 1.72. The molecule has 2 aromatic heterocycles. The summed E-state index contributed by atoms with van der Waals surface area (Å²) in [5, 5.41) is 7.42. The Hall–Kier alpha value is -2.02. The number of aliphatic imine (C=N–C) groups is 1. The lowest BCUT2D eigenvalue weighted by Crippen LogP contribution is -2.50. The number of anilines is 1. The number of thiazole rings is 1. The van der Waals surface area contributed by atoms with Crippen LogP contribution >= 0.6 is 35.3 Å². The lowest BCUT2D eigenvalue weighted by atomic mass is 10.3. The van der Waals surface area contributed by atoms with Crippen LogP contribution in [0.1, 0.15) is 16.3 Å². The second kappa shape index (κ2) is 11.9. The average molecular weight is 530 g/mol. The molecule has 0 spiro atoms. The van der Waals surface area contributed by atoms with Crippen LogP contribution in [0.25, 0.3) is 0 Å². The number of aryl methyl sites for hydroxylation is 1. The molecule has 1 saturated heterocycles. The molecule has 1 aliphatic rings. The zero-order valence-corrected chi connectivity index (χ0v) is 19.8. The van der Waals surface area contributed by atoms with Gasteiger partial charge in [-0.25, -0.2) is 15.0 Å². The minimum atomic E-state index is 0. The van der Waals surface area contributed by atoms with Crippen LogP contribution in [0.15, 0.2) is 29.6 Å². The number of rotatable bonds is 6. The molecule has 2 N–H and O–H groups in total. The van der Waals surface area contributed by atoms with E-state index in [-0.39, 0.29) is 29.9 Å². The summed E-state index contributed by atoms with van der Waals surface area (Å²) in [4.78, 5) is 34.7. The van der Waals surface area contributed by atoms with E-state index >= 15 is 0 Å². The normalized spacial score (nSPS) is 14.3. The van der Waals surface area contributed by atoms with Gasteiger partial charge in [0, 0.05) is 69.7 Å². The molecule has 0 unspecified atom stereocenters. The van der Waals surface area contributed by atoms with Gasteiger partial charge < -0.3 is 20.4 Å². The summed E-state index contributed by atoms with van der Waals surface area (Å²) < 4.78 is 0. The highest BCUT2D eigenvalue weighted by Gasteiger charge is 2.22. The maximum absolute atomic E-state index is 12.5. The number of halogens is 1. The Labute approximate surface area is 192 Å². The highest BCUT2D eigenvalue weighted by Crippen LogP contribution is 2.11. The number of nitrogens with one attached hydrogen (secondary N) is 2. The van der Waals surface area contributed by atoms with Crippen molar-refractivity contribution in [2.45, 2.75) is 19.9 Å². The second-order valence-electron chi connectivity index (χ2n) is 6.38. The second-order valence-corrected chi connectivity index (χ2v) is 7.70. The van der Waals surface area contributed by atoms with Crippen LogP contribution < -0.4 is 15.5 Å². The molecule has 9 nitrogen and oxygen atoms in total. The molecule has 0 aromatic carbocycles. The fourth-order valence-corrected chi connectivity index (χ4v) is 3.65. The Bertz CT molecular complexity index is 792. The Balaban J connectivity index is 0.00000300. The minimum absolute atomic E-state index is 0. The maximum atomic E-state index is 12.5. The number of piperazine rings is 1. The average Bonchev–Trinajstić information content (AvgIpc) is 3.16. The van der Waals surface area contributed by atoms with E-state index in [4.69, 9.17) is 0 Å². The van der Waals surface area contributed by atoms with E-state index in [0.717, 1.165) is 24.0 Å². The molecule has 0 atom stereocenters. The van der Waals surface area contributed by atoms with Crippen molar-refractivity contribution in [3.63, 3.8) is 0 Å². The van der Waals surface area contributed by atoms with E-state index in [0.29, 0.717) is 38.6 Å². The van der Waals surface area contributed by atoms with Gasteiger partial charge in [0.25, 0.3) is 0 Å². The first-order chi connectivity index (χ1) is 13.7. The molecule has 3 heterocycles. The van der Waals surface area contributed by atoms with E-state index in [2.05, 4.69) is 35.5 Å². The number of guanidine groups is 1. The molecule has 0 radical (unpaired) electrons. The topological polar surface area (TPSA) is 98.6 Å². The van der Waals surface area contributed by atoms with Crippen LogP contribution in [0, 0.1) is 6.92 Å². The monoisotopic (exact) mass is 530 g/mol. The predicted molar refractivity (Wildman–Crippen MR) is 126 cm³/mol. The molecule has 158 valence electrons. The molecule has 2 aromatic rings. The van der Waals surface area contributed by atoms with Crippen LogP contribution in [0.3, 0.4) is 0 Å². The van der Waals surface area contributed by atoms with Crippen molar-refractivity contribution >= 4 is 53.1 Å². The van der Waals surface area contributed by atoms with Crippen molar-refractivity contribution in [3.05, 3.63) is 34.5 Å². The third-order valence-electron chi connectivity index (χ3n) is 4.40. The van der Waals surface area contributed by atoms with Gasteiger partial charge in [0.2, 0.25) is 11.9 Å². The molecule has 1 amide bonds. The summed E-state index contributed by atoms with van der Waals surface area (Å²) in [6.45, 7) is 6.07. The van der Waals surface area contributed by atoms with Gasteiger partial charge in [0.1, 0.15) is 5.01 Å². The zero-order chi connectivity index (χ0) is 19.8. The summed E-state index contributed by atoms with van der Waals surface area (Å²) in [6.07, 6.45) is 5.77. The molecule has 0 saturated carbocycles. The Morgan fingerprint density at radius 1 is 1.17 bits per heavy atom. The SMILES string of the molecule is CN=C(NCCC(=O)N1CCN(c2ncccn2)CC1)NCc1ncc(C)s1.I. The third kappa shape index (κ3) is 7.07. The Morgan fingerprint density at radius 2 is 1.90 bits per heavy atom. The summed E-state index contributed by atoms with van der Waals surface area (Å²) in [6, 6.07) is 1.80. The molecule has 1 aliphatic heterocycles. The van der Waals surface area contributed by atoms with Gasteiger partial charge in [0.05, 0.1) is 6.54 Å². The van der Waals surface area contributed by atoms with Crippen LogP contribution in [-0.4, -0.2) is 71.5 Å². The van der Waals surface area contributed by atoms with Crippen molar-refractivity contribution in [3.8, 4) is 0 Å². The molecule has 0 bridgehead atoms. The van der Waals surface area contributed by atoms with Crippen LogP contribution in [-0.2, 0) is 11.3 Å². The number of carbonyl (C=O) groups is 1. The number of carbonyl (C=O) groups excluding carboxylic acids is 1. The fraction of sp³-hybridized carbons (Fsp3) is 0.500. The Morgan fingerprint density at radius 3 is 2.52 bits per heavy atom. The van der Waals surface area contributed by atoms with Gasteiger partial charge in [-0.2, -0.15) is 0 Å². The minimum Gasteiger partial charge on any atom is -0.356 e. The highest BCUT2D eigenvalue weighted by atomic mass is 127. The standard InChI is InChI=1S/C18H26N8OS.HI/c1-14-12-23-15(28-14)13-24-17(19-2)20-7-4-16(27)25-8-10-26(11-9-25)18-21-5-3-6-22-18;/h3,5-6,12H,4,7-11,13H2,1-2H3,(H2,19,20,24);1H. The van der Waals surface area contributed by atoms with Crippen molar-refractivity contribution in [1.82, 2.24) is 30.5 Å². The first kappa shape index (κ1) is 23.3. The van der Waals surface area contributed by atoms with Gasteiger partial charge in [-0.3, -0.25) is 9.79 Å².